The van der Waals surface area contributed by atoms with Gasteiger partial charge in [0.1, 0.15) is 17.5 Å². The first kappa shape index (κ1) is 27.1. The first-order valence-electron chi connectivity index (χ1n) is 14.1. The Morgan fingerprint density at radius 2 is 1.43 bits per heavy atom. The van der Waals surface area contributed by atoms with E-state index in [1.807, 2.05) is 39.5 Å². The summed E-state index contributed by atoms with van der Waals surface area (Å²) in [5.74, 6) is 0.796. The molecule has 7 nitrogen and oxygen atoms in total. The van der Waals surface area contributed by atoms with Crippen molar-refractivity contribution in [2.24, 2.45) is 0 Å². The SMILES string of the molecule is Cc1ccc(Cn2nnnc2C2N3C(=O)C(NC(c4ccccc4)(c4ccccc4)c4ccccc4)C3SC2(C)C)s1. The number of aryl methyl sites for hydroxylation is 1. The van der Waals surface area contributed by atoms with Crippen LogP contribution in [0.4, 0.5) is 0 Å². The largest absolute Gasteiger partial charge is 0.315 e. The molecule has 0 radical (unpaired) electrons. The summed E-state index contributed by atoms with van der Waals surface area (Å²) in [6, 6.07) is 34.9. The van der Waals surface area contributed by atoms with Crippen LogP contribution in [0, 0.1) is 6.92 Å². The molecule has 0 aliphatic carbocycles. The zero-order valence-corrected chi connectivity index (χ0v) is 25.3. The Kier molecular flexibility index (Phi) is 6.76. The molecule has 7 rings (SSSR count). The van der Waals surface area contributed by atoms with Crippen LogP contribution in [0.1, 0.15) is 52.2 Å². The molecule has 9 heteroatoms. The highest BCUT2D eigenvalue weighted by molar-refractivity contribution is 8.01. The Morgan fingerprint density at radius 3 is 1.95 bits per heavy atom. The molecule has 3 aromatic carbocycles. The number of nitrogens with zero attached hydrogens (tertiary/aromatic N) is 5. The number of thioether (sulfide) groups is 1. The van der Waals surface area contributed by atoms with E-state index in [1.54, 1.807) is 11.3 Å². The van der Waals surface area contributed by atoms with Gasteiger partial charge in [0, 0.05) is 14.5 Å². The third kappa shape index (κ3) is 4.38. The van der Waals surface area contributed by atoms with Gasteiger partial charge in [0.25, 0.3) is 0 Å². The van der Waals surface area contributed by atoms with Crippen LogP contribution in [0.15, 0.2) is 103 Å². The van der Waals surface area contributed by atoms with Crippen molar-refractivity contribution in [2.45, 2.75) is 55.1 Å². The van der Waals surface area contributed by atoms with Crippen LogP contribution in [-0.2, 0) is 16.9 Å². The van der Waals surface area contributed by atoms with Crippen LogP contribution in [0.2, 0.25) is 0 Å². The van der Waals surface area contributed by atoms with E-state index in [4.69, 9.17) is 0 Å². The number of carbonyl (C=O) groups excluding carboxylic acids is 1. The van der Waals surface area contributed by atoms with Gasteiger partial charge in [-0.2, -0.15) is 0 Å². The van der Waals surface area contributed by atoms with Crippen molar-refractivity contribution >= 4 is 29.0 Å². The third-order valence-corrected chi connectivity index (χ3v) is 10.9. The lowest BCUT2D eigenvalue weighted by Gasteiger charge is -2.49. The first-order valence-corrected chi connectivity index (χ1v) is 15.8. The molecular formula is C33H32N6OS2. The second-order valence-corrected chi connectivity index (χ2v) is 14.6. The predicted molar refractivity (Wildman–Crippen MR) is 167 cm³/mol. The van der Waals surface area contributed by atoms with E-state index in [0.717, 1.165) is 22.5 Å². The highest BCUT2D eigenvalue weighted by Crippen LogP contribution is 2.57. The molecular weight excluding hydrogens is 561 g/mol. The van der Waals surface area contributed by atoms with Crippen LogP contribution in [0.25, 0.3) is 0 Å². The smallest absolute Gasteiger partial charge is 0.244 e. The molecule has 4 heterocycles. The topological polar surface area (TPSA) is 75.9 Å². The highest BCUT2D eigenvalue weighted by Gasteiger charge is 2.64. The minimum absolute atomic E-state index is 0.0664. The molecule has 3 atom stereocenters. The number of amides is 1. The zero-order chi connectivity index (χ0) is 28.9. The van der Waals surface area contributed by atoms with Gasteiger partial charge in [0.15, 0.2) is 5.82 Å². The maximum absolute atomic E-state index is 14.3. The average molecular weight is 593 g/mol. The van der Waals surface area contributed by atoms with Crippen molar-refractivity contribution in [3.05, 3.63) is 135 Å². The van der Waals surface area contributed by atoms with Gasteiger partial charge < -0.3 is 4.90 Å². The van der Waals surface area contributed by atoms with E-state index >= 15 is 0 Å². The Labute approximate surface area is 254 Å². The Morgan fingerprint density at radius 1 is 0.857 bits per heavy atom. The van der Waals surface area contributed by atoms with Gasteiger partial charge in [-0.05, 0) is 60.0 Å². The molecule has 0 spiro atoms. The first-order chi connectivity index (χ1) is 20.4. The molecule has 5 aromatic rings. The summed E-state index contributed by atoms with van der Waals surface area (Å²) >= 11 is 3.56. The summed E-state index contributed by atoms with van der Waals surface area (Å²) in [6.45, 7) is 7.07. The number of carbonyl (C=O) groups is 1. The summed E-state index contributed by atoms with van der Waals surface area (Å²) in [5, 5.41) is 16.7. The standard InChI is InChI=1S/C33H32N6OS2/c1-22-19-20-26(41-22)21-38-29(35-36-37-38)28-32(2,3)42-31-27(30(40)39(28)31)34-33(23-13-7-4-8-14-23,24-15-9-5-10-16-24)25-17-11-6-12-18-25/h4-20,27-28,31,34H,21H2,1-3H3. The molecule has 2 fully saturated rings. The fourth-order valence-corrected chi connectivity index (χ4v) is 8.95. The van der Waals surface area contributed by atoms with Gasteiger partial charge in [-0.15, -0.1) is 28.2 Å². The van der Waals surface area contributed by atoms with Crippen molar-refractivity contribution in [1.29, 1.82) is 0 Å². The van der Waals surface area contributed by atoms with Gasteiger partial charge in [0.2, 0.25) is 5.91 Å². The fourth-order valence-electron chi connectivity index (χ4n) is 6.45. The van der Waals surface area contributed by atoms with E-state index in [9.17, 15) is 4.79 Å². The van der Waals surface area contributed by atoms with Crippen LogP contribution in [0.5, 0.6) is 0 Å². The van der Waals surface area contributed by atoms with Gasteiger partial charge in [-0.3, -0.25) is 10.1 Å². The van der Waals surface area contributed by atoms with Gasteiger partial charge >= 0.3 is 0 Å². The number of thiophene rings is 1. The van der Waals surface area contributed by atoms with Crippen molar-refractivity contribution < 1.29 is 4.79 Å². The number of fused-ring (bicyclic) bond motifs is 1. The van der Waals surface area contributed by atoms with E-state index in [-0.39, 0.29) is 22.1 Å². The molecule has 212 valence electrons. The number of rotatable bonds is 8. The molecule has 42 heavy (non-hydrogen) atoms. The second-order valence-electron chi connectivity index (χ2n) is 11.4. The number of nitrogens with one attached hydrogen (secondary N) is 1. The fraction of sp³-hybridized carbons (Fsp3) is 0.273. The van der Waals surface area contributed by atoms with Crippen LogP contribution in [-0.4, -0.2) is 47.2 Å². The van der Waals surface area contributed by atoms with Gasteiger partial charge in [-0.25, -0.2) is 4.68 Å². The normalized spacial score (nSPS) is 21.3. The van der Waals surface area contributed by atoms with E-state index in [2.05, 4.69) is 127 Å². The molecule has 1 amide bonds. The van der Waals surface area contributed by atoms with Crippen molar-refractivity contribution in [3.8, 4) is 0 Å². The highest BCUT2D eigenvalue weighted by atomic mass is 32.2. The van der Waals surface area contributed by atoms with Crippen LogP contribution in [0.3, 0.4) is 0 Å². The molecule has 2 saturated heterocycles. The van der Waals surface area contributed by atoms with Crippen molar-refractivity contribution in [2.75, 3.05) is 0 Å². The van der Waals surface area contributed by atoms with Crippen molar-refractivity contribution in [1.82, 2.24) is 30.4 Å². The summed E-state index contributed by atoms with van der Waals surface area (Å²) in [5.41, 5.74) is 2.53. The maximum Gasteiger partial charge on any atom is 0.244 e. The summed E-state index contributed by atoms with van der Waals surface area (Å²) in [6.07, 6.45) is 0. The summed E-state index contributed by atoms with van der Waals surface area (Å²) in [7, 11) is 0. The molecule has 0 bridgehead atoms. The quantitative estimate of drug-likeness (QED) is 0.182. The predicted octanol–water partition coefficient (Wildman–Crippen LogP) is 5.78. The number of aromatic nitrogens is 4. The Balaban J connectivity index is 1.27. The lowest BCUT2D eigenvalue weighted by atomic mass is 9.76. The molecule has 1 N–H and O–H groups in total. The number of hydrogen-bond acceptors (Lipinski definition) is 7. The Hall–Kier alpha value is -3.79. The lowest BCUT2D eigenvalue weighted by molar-refractivity contribution is -0.150. The van der Waals surface area contributed by atoms with E-state index < -0.39 is 11.6 Å². The maximum atomic E-state index is 14.3. The summed E-state index contributed by atoms with van der Waals surface area (Å²) < 4.78 is 1.57. The number of β-lactam (4-membered cyclic amide) rings is 1. The van der Waals surface area contributed by atoms with Gasteiger partial charge in [0.05, 0.1) is 12.1 Å². The molecule has 0 saturated carbocycles. The van der Waals surface area contributed by atoms with Crippen LogP contribution < -0.4 is 5.32 Å². The van der Waals surface area contributed by atoms with E-state index in [0.29, 0.717) is 6.54 Å². The van der Waals surface area contributed by atoms with Gasteiger partial charge in [-0.1, -0.05) is 91.0 Å². The third-order valence-electron chi connectivity index (χ3n) is 8.34. The number of benzene rings is 3. The van der Waals surface area contributed by atoms with Crippen molar-refractivity contribution in [3.63, 3.8) is 0 Å². The molecule has 2 aliphatic rings. The zero-order valence-electron chi connectivity index (χ0n) is 23.7. The number of tetrazole rings is 1. The van der Waals surface area contributed by atoms with Crippen LogP contribution >= 0.6 is 23.1 Å². The molecule has 2 aliphatic heterocycles. The number of hydrogen-bond donors (Lipinski definition) is 1. The minimum Gasteiger partial charge on any atom is -0.315 e. The second kappa shape index (κ2) is 10.5. The monoisotopic (exact) mass is 592 g/mol. The molecule has 2 aromatic heterocycles. The average Bonchev–Trinajstić information content (AvgIpc) is 3.71. The summed E-state index contributed by atoms with van der Waals surface area (Å²) in [4.78, 5) is 18.7. The Bertz CT molecular complexity index is 1610. The van der Waals surface area contributed by atoms with E-state index in [1.165, 1.54) is 9.75 Å². The minimum atomic E-state index is -0.725. The molecule has 3 unspecified atom stereocenters. The lowest BCUT2D eigenvalue weighted by Crippen LogP contribution is -2.70.